The molecule has 1 amide bonds. The molecule has 136 valence electrons. The minimum Gasteiger partial charge on any atom is -0.475 e. The maximum absolute atomic E-state index is 12.6. The Kier molecular flexibility index (Phi) is 5.87. The Labute approximate surface area is 143 Å². The highest BCUT2D eigenvalue weighted by Gasteiger charge is 2.25. The van der Waals surface area contributed by atoms with Gasteiger partial charge in [0.15, 0.2) is 5.69 Å². The number of carbonyl (C=O) groups is 1. The van der Waals surface area contributed by atoms with E-state index in [-0.39, 0.29) is 17.8 Å². The maximum Gasteiger partial charge on any atom is 0.274 e. The fraction of sp³-hybridized carbons (Fsp3) is 0.733. The number of piperazine rings is 1. The molecule has 0 saturated carbocycles. The Hall–Kier alpha value is -1.61. The number of rotatable bonds is 6. The molecule has 0 spiro atoms. The van der Waals surface area contributed by atoms with E-state index >= 15 is 0 Å². The van der Waals surface area contributed by atoms with Gasteiger partial charge in [-0.15, -0.1) is 0 Å². The van der Waals surface area contributed by atoms with Gasteiger partial charge in [-0.05, 0) is 13.8 Å². The predicted octanol–water partition coefficient (Wildman–Crippen LogP) is 0.00970. The summed E-state index contributed by atoms with van der Waals surface area (Å²) in [5.74, 6) is 0.601. The van der Waals surface area contributed by atoms with E-state index in [4.69, 9.17) is 4.74 Å². The zero-order valence-corrected chi connectivity index (χ0v) is 15.5. The first-order valence-corrected chi connectivity index (χ1v) is 10.1. The van der Waals surface area contributed by atoms with Crippen LogP contribution in [-0.4, -0.2) is 84.7 Å². The lowest BCUT2D eigenvalue weighted by Crippen LogP contribution is -2.49. The summed E-state index contributed by atoms with van der Waals surface area (Å²) >= 11 is 0. The van der Waals surface area contributed by atoms with Crippen molar-refractivity contribution in [3.63, 3.8) is 0 Å². The minimum atomic E-state index is -2.96. The maximum atomic E-state index is 12.6. The van der Waals surface area contributed by atoms with Gasteiger partial charge in [0, 0.05) is 52.1 Å². The predicted molar refractivity (Wildman–Crippen MR) is 91.0 cm³/mol. The third-order valence-corrected chi connectivity index (χ3v) is 4.77. The van der Waals surface area contributed by atoms with Crippen molar-refractivity contribution in [2.75, 3.05) is 44.7 Å². The molecule has 0 N–H and O–H groups in total. The van der Waals surface area contributed by atoms with Crippen LogP contribution in [0, 0.1) is 0 Å². The van der Waals surface area contributed by atoms with Crippen molar-refractivity contribution in [2.24, 2.45) is 7.05 Å². The molecule has 1 fully saturated rings. The fourth-order valence-electron chi connectivity index (χ4n) is 2.54. The summed E-state index contributed by atoms with van der Waals surface area (Å²) in [4.78, 5) is 16.4. The van der Waals surface area contributed by atoms with Crippen LogP contribution in [0.3, 0.4) is 0 Å². The molecule has 2 heterocycles. The number of aryl methyl sites for hydroxylation is 1. The average molecular weight is 358 g/mol. The van der Waals surface area contributed by atoms with E-state index in [9.17, 15) is 13.2 Å². The minimum absolute atomic E-state index is 0.0155. The summed E-state index contributed by atoms with van der Waals surface area (Å²) in [5, 5.41) is 4.23. The highest BCUT2D eigenvalue weighted by Crippen LogP contribution is 2.16. The van der Waals surface area contributed by atoms with Crippen LogP contribution in [0.15, 0.2) is 6.07 Å². The van der Waals surface area contributed by atoms with Gasteiger partial charge in [-0.1, -0.05) is 0 Å². The smallest absolute Gasteiger partial charge is 0.274 e. The van der Waals surface area contributed by atoms with Gasteiger partial charge in [0.1, 0.15) is 9.84 Å². The lowest BCUT2D eigenvalue weighted by atomic mass is 10.3. The van der Waals surface area contributed by atoms with Crippen molar-refractivity contribution in [3.05, 3.63) is 11.8 Å². The normalized spacial score (nSPS) is 16.6. The Bertz CT molecular complexity index is 676. The molecule has 0 radical (unpaired) electrons. The summed E-state index contributed by atoms with van der Waals surface area (Å²) in [6.45, 7) is 6.83. The van der Waals surface area contributed by atoms with Gasteiger partial charge in [0.2, 0.25) is 5.88 Å². The van der Waals surface area contributed by atoms with E-state index in [1.54, 1.807) is 22.7 Å². The van der Waals surface area contributed by atoms with Crippen LogP contribution in [0.5, 0.6) is 5.88 Å². The van der Waals surface area contributed by atoms with E-state index in [0.29, 0.717) is 44.3 Å². The Balaban J connectivity index is 1.91. The number of nitrogens with zero attached hydrogens (tertiary/aromatic N) is 4. The SMILES string of the molecule is CC(C)Oc1cc(C(=O)N2CCN(CCS(C)(=O)=O)CC2)nn1C. The molecule has 1 aromatic rings. The van der Waals surface area contributed by atoms with Gasteiger partial charge in [-0.25, -0.2) is 13.1 Å². The highest BCUT2D eigenvalue weighted by atomic mass is 32.2. The molecule has 1 aliphatic rings. The standard InChI is InChI=1S/C15H26N4O4S/c1-12(2)23-14-11-13(16-17(14)3)15(20)19-7-5-18(6-8-19)9-10-24(4,21)22/h11-12H,5-10H2,1-4H3. The molecule has 0 aromatic carbocycles. The van der Waals surface area contributed by atoms with E-state index in [1.807, 2.05) is 13.8 Å². The number of aromatic nitrogens is 2. The first-order chi connectivity index (χ1) is 11.2. The molecular formula is C15H26N4O4S. The zero-order chi connectivity index (χ0) is 17.9. The van der Waals surface area contributed by atoms with Gasteiger partial charge in [-0.3, -0.25) is 9.69 Å². The summed E-state index contributed by atoms with van der Waals surface area (Å²) in [6.07, 6.45) is 1.26. The molecule has 0 aliphatic carbocycles. The van der Waals surface area contributed by atoms with Crippen LogP contribution < -0.4 is 4.74 Å². The Morgan fingerprint density at radius 1 is 1.29 bits per heavy atom. The van der Waals surface area contributed by atoms with Crippen molar-refractivity contribution in [3.8, 4) is 5.88 Å². The van der Waals surface area contributed by atoms with E-state index in [2.05, 4.69) is 10.00 Å². The first-order valence-electron chi connectivity index (χ1n) is 8.06. The molecule has 1 saturated heterocycles. The Morgan fingerprint density at radius 2 is 1.92 bits per heavy atom. The second kappa shape index (κ2) is 7.52. The van der Waals surface area contributed by atoms with Crippen molar-refractivity contribution in [1.82, 2.24) is 19.6 Å². The van der Waals surface area contributed by atoms with Crippen LogP contribution in [0.2, 0.25) is 0 Å². The third kappa shape index (κ3) is 5.20. The summed E-state index contributed by atoms with van der Waals surface area (Å²) in [5.41, 5.74) is 0.373. The van der Waals surface area contributed by atoms with Crippen LogP contribution in [0.4, 0.5) is 0 Å². The molecule has 24 heavy (non-hydrogen) atoms. The van der Waals surface area contributed by atoms with Crippen LogP contribution in [0.1, 0.15) is 24.3 Å². The van der Waals surface area contributed by atoms with E-state index in [0.717, 1.165) is 0 Å². The van der Waals surface area contributed by atoms with Crippen molar-refractivity contribution in [2.45, 2.75) is 20.0 Å². The molecular weight excluding hydrogens is 332 g/mol. The molecule has 1 aromatic heterocycles. The van der Waals surface area contributed by atoms with Crippen LogP contribution in [0.25, 0.3) is 0 Å². The molecule has 9 heteroatoms. The van der Waals surface area contributed by atoms with Gasteiger partial charge in [0.05, 0.1) is 11.9 Å². The van der Waals surface area contributed by atoms with Gasteiger partial charge in [-0.2, -0.15) is 5.10 Å². The summed E-state index contributed by atoms with van der Waals surface area (Å²) < 4.78 is 29.6. The van der Waals surface area contributed by atoms with Crippen molar-refractivity contribution >= 4 is 15.7 Å². The number of amides is 1. The largest absolute Gasteiger partial charge is 0.475 e. The molecule has 8 nitrogen and oxygen atoms in total. The molecule has 2 rings (SSSR count). The first kappa shape index (κ1) is 18.7. The van der Waals surface area contributed by atoms with Gasteiger partial charge in [0.25, 0.3) is 5.91 Å². The quantitative estimate of drug-likeness (QED) is 0.712. The van der Waals surface area contributed by atoms with Gasteiger partial charge >= 0.3 is 0 Å². The van der Waals surface area contributed by atoms with Gasteiger partial charge < -0.3 is 9.64 Å². The molecule has 0 atom stereocenters. The summed E-state index contributed by atoms with van der Waals surface area (Å²) in [6, 6.07) is 1.67. The Morgan fingerprint density at radius 3 is 2.46 bits per heavy atom. The number of ether oxygens (including phenoxy) is 1. The van der Waals surface area contributed by atoms with E-state index in [1.165, 1.54) is 6.26 Å². The zero-order valence-electron chi connectivity index (χ0n) is 14.7. The highest BCUT2D eigenvalue weighted by molar-refractivity contribution is 7.90. The fourth-order valence-corrected chi connectivity index (χ4v) is 3.13. The topological polar surface area (TPSA) is 84.7 Å². The number of hydrogen-bond acceptors (Lipinski definition) is 6. The number of carbonyl (C=O) groups excluding carboxylic acids is 1. The average Bonchev–Trinajstić information content (AvgIpc) is 2.84. The number of hydrogen-bond donors (Lipinski definition) is 0. The van der Waals surface area contributed by atoms with E-state index < -0.39 is 9.84 Å². The second-order valence-corrected chi connectivity index (χ2v) is 8.68. The monoisotopic (exact) mass is 358 g/mol. The second-order valence-electron chi connectivity index (χ2n) is 6.42. The van der Waals surface area contributed by atoms with Crippen LogP contribution >= 0.6 is 0 Å². The summed E-state index contributed by atoms with van der Waals surface area (Å²) in [7, 11) is -1.21. The lowest BCUT2D eigenvalue weighted by molar-refractivity contribution is 0.0637. The van der Waals surface area contributed by atoms with Crippen molar-refractivity contribution in [1.29, 1.82) is 0 Å². The number of sulfone groups is 1. The van der Waals surface area contributed by atoms with Crippen molar-refractivity contribution < 1.29 is 17.9 Å². The molecule has 1 aliphatic heterocycles. The van der Waals surface area contributed by atoms with Crippen LogP contribution in [-0.2, 0) is 16.9 Å². The lowest BCUT2D eigenvalue weighted by Gasteiger charge is -2.34. The third-order valence-electron chi connectivity index (χ3n) is 3.85. The molecule has 0 bridgehead atoms. The molecule has 0 unspecified atom stereocenters.